The van der Waals surface area contributed by atoms with Crippen LogP contribution in [0.2, 0.25) is 0 Å². The first-order valence-corrected chi connectivity index (χ1v) is 9.68. The van der Waals surface area contributed by atoms with E-state index in [1.54, 1.807) is 0 Å². The predicted octanol–water partition coefficient (Wildman–Crippen LogP) is 4.49. The molecule has 0 atom stereocenters. The fourth-order valence-corrected chi connectivity index (χ4v) is 3.31. The monoisotopic (exact) mass is 360 g/mol. The van der Waals surface area contributed by atoms with Crippen molar-refractivity contribution >= 4 is 11.6 Å². The number of unbranched alkanes of at least 4 members (excludes halogenated alkanes) is 1. The van der Waals surface area contributed by atoms with E-state index in [0.29, 0.717) is 13.0 Å². The first-order valence-electron chi connectivity index (χ1n) is 9.68. The molecule has 0 unspecified atom stereocenters. The number of anilines is 1. The standard InChI is InChI=1S/C24H28N2O/c1-24(2,25-3)17-9-8-14-23(27)26-18-21-12-5-4-10-19(21)15-16-20-11-6-7-13-22(20)26/h4-7,10-13,25H,8-9,14,17-18H2,1-3H3. The Morgan fingerprint density at radius 3 is 2.48 bits per heavy atom. The lowest BCUT2D eigenvalue weighted by Crippen LogP contribution is -2.36. The van der Waals surface area contributed by atoms with Crippen LogP contribution in [0.25, 0.3) is 0 Å². The van der Waals surface area contributed by atoms with Gasteiger partial charge in [0.05, 0.1) is 12.2 Å². The Morgan fingerprint density at radius 1 is 1.04 bits per heavy atom. The number of para-hydroxylation sites is 1. The summed E-state index contributed by atoms with van der Waals surface area (Å²) in [7, 11) is 1.99. The maximum absolute atomic E-state index is 13.1. The highest BCUT2D eigenvalue weighted by Crippen LogP contribution is 2.26. The van der Waals surface area contributed by atoms with Crippen LogP contribution in [0.15, 0.2) is 48.5 Å². The molecule has 2 aromatic rings. The number of benzene rings is 2. The largest absolute Gasteiger partial charge is 0.315 e. The zero-order valence-electron chi connectivity index (χ0n) is 16.5. The molecule has 2 aromatic carbocycles. The molecule has 3 nitrogen and oxygen atoms in total. The fraction of sp³-hybridized carbons (Fsp3) is 0.375. The number of carbonyl (C=O) groups excluding carboxylic acids is 1. The van der Waals surface area contributed by atoms with Crippen molar-refractivity contribution in [3.8, 4) is 11.8 Å². The molecule has 1 amide bonds. The second-order valence-corrected chi connectivity index (χ2v) is 7.75. The van der Waals surface area contributed by atoms with E-state index in [9.17, 15) is 4.79 Å². The van der Waals surface area contributed by atoms with Gasteiger partial charge in [0.1, 0.15) is 0 Å². The van der Waals surface area contributed by atoms with Gasteiger partial charge in [-0.25, -0.2) is 0 Å². The number of hydrogen-bond acceptors (Lipinski definition) is 2. The Hall–Kier alpha value is -2.57. The zero-order chi connectivity index (χ0) is 19.3. The summed E-state index contributed by atoms with van der Waals surface area (Å²) in [6, 6.07) is 16.0. The van der Waals surface area contributed by atoms with E-state index < -0.39 is 0 Å². The van der Waals surface area contributed by atoms with Gasteiger partial charge in [-0.1, -0.05) is 48.6 Å². The van der Waals surface area contributed by atoms with E-state index in [4.69, 9.17) is 0 Å². The van der Waals surface area contributed by atoms with Gasteiger partial charge in [-0.3, -0.25) is 4.79 Å². The molecule has 0 aliphatic carbocycles. The predicted molar refractivity (Wildman–Crippen MR) is 112 cm³/mol. The lowest BCUT2D eigenvalue weighted by molar-refractivity contribution is -0.118. The van der Waals surface area contributed by atoms with Gasteiger partial charge in [-0.15, -0.1) is 0 Å². The minimum absolute atomic E-state index is 0.116. The fourth-order valence-electron chi connectivity index (χ4n) is 3.31. The van der Waals surface area contributed by atoms with Crippen molar-refractivity contribution in [1.29, 1.82) is 0 Å². The van der Waals surface area contributed by atoms with Gasteiger partial charge in [0, 0.05) is 23.1 Å². The second kappa shape index (κ2) is 8.41. The van der Waals surface area contributed by atoms with Gasteiger partial charge < -0.3 is 10.2 Å². The van der Waals surface area contributed by atoms with Crippen molar-refractivity contribution in [2.24, 2.45) is 0 Å². The van der Waals surface area contributed by atoms with Crippen LogP contribution in [0, 0.1) is 11.8 Å². The molecule has 1 aliphatic rings. The van der Waals surface area contributed by atoms with Gasteiger partial charge in [0.25, 0.3) is 0 Å². The molecule has 0 saturated carbocycles. The number of hydrogen-bond donors (Lipinski definition) is 1. The summed E-state index contributed by atoms with van der Waals surface area (Å²) < 4.78 is 0. The number of carbonyl (C=O) groups is 1. The molecule has 3 rings (SSSR count). The molecular formula is C24H28N2O. The van der Waals surface area contributed by atoms with E-state index >= 15 is 0 Å². The van der Waals surface area contributed by atoms with E-state index in [1.165, 1.54) is 0 Å². The lowest BCUT2D eigenvalue weighted by atomic mass is 9.96. The van der Waals surface area contributed by atoms with Crippen LogP contribution in [0.3, 0.4) is 0 Å². The van der Waals surface area contributed by atoms with Crippen molar-refractivity contribution in [3.05, 3.63) is 65.2 Å². The van der Waals surface area contributed by atoms with Gasteiger partial charge in [0.2, 0.25) is 5.91 Å². The number of nitrogens with one attached hydrogen (secondary N) is 1. The minimum atomic E-state index is 0.116. The summed E-state index contributed by atoms with van der Waals surface area (Å²) in [5, 5.41) is 3.32. The van der Waals surface area contributed by atoms with E-state index in [1.807, 2.05) is 54.4 Å². The van der Waals surface area contributed by atoms with Crippen LogP contribution < -0.4 is 10.2 Å². The highest BCUT2D eigenvalue weighted by molar-refractivity contribution is 5.95. The third-order valence-electron chi connectivity index (χ3n) is 5.29. The van der Waals surface area contributed by atoms with Crippen LogP contribution >= 0.6 is 0 Å². The SMILES string of the molecule is CNC(C)(C)CCCCC(=O)N1Cc2ccccc2C#Cc2ccccc21. The normalized spacial score (nSPS) is 12.9. The molecule has 1 N–H and O–H groups in total. The maximum atomic E-state index is 13.1. The van der Waals surface area contributed by atoms with Crippen molar-refractivity contribution < 1.29 is 4.79 Å². The zero-order valence-corrected chi connectivity index (χ0v) is 16.5. The third-order valence-corrected chi connectivity index (χ3v) is 5.29. The van der Waals surface area contributed by atoms with Crippen LogP contribution in [-0.2, 0) is 11.3 Å². The van der Waals surface area contributed by atoms with Crippen molar-refractivity contribution in [2.45, 2.75) is 51.6 Å². The first kappa shape index (κ1) is 19.2. The summed E-state index contributed by atoms with van der Waals surface area (Å²) in [6.07, 6.45) is 3.55. The molecule has 0 radical (unpaired) electrons. The Morgan fingerprint density at radius 2 is 1.70 bits per heavy atom. The summed E-state index contributed by atoms with van der Waals surface area (Å²) in [6.45, 7) is 4.96. The quantitative estimate of drug-likeness (QED) is 0.608. The van der Waals surface area contributed by atoms with Gasteiger partial charge in [-0.2, -0.15) is 0 Å². The van der Waals surface area contributed by atoms with E-state index in [0.717, 1.165) is 41.6 Å². The molecule has 0 spiro atoms. The molecule has 0 fully saturated rings. The van der Waals surface area contributed by atoms with Crippen molar-refractivity contribution in [2.75, 3.05) is 11.9 Å². The number of amides is 1. The molecule has 1 heterocycles. The van der Waals surface area contributed by atoms with Crippen molar-refractivity contribution in [3.63, 3.8) is 0 Å². The van der Waals surface area contributed by atoms with Crippen molar-refractivity contribution in [1.82, 2.24) is 5.32 Å². The second-order valence-electron chi connectivity index (χ2n) is 7.75. The van der Waals surface area contributed by atoms with Crippen LogP contribution in [0.1, 0.15) is 56.2 Å². The molecule has 27 heavy (non-hydrogen) atoms. The summed E-state index contributed by atoms with van der Waals surface area (Å²) in [5.74, 6) is 6.68. The highest BCUT2D eigenvalue weighted by atomic mass is 16.2. The van der Waals surface area contributed by atoms with Crippen LogP contribution in [0.4, 0.5) is 5.69 Å². The Balaban J connectivity index is 1.78. The molecule has 0 aromatic heterocycles. The first-order chi connectivity index (χ1) is 13.0. The Labute approximate surface area is 162 Å². The van der Waals surface area contributed by atoms with Gasteiger partial charge >= 0.3 is 0 Å². The molecule has 1 aliphatic heterocycles. The smallest absolute Gasteiger partial charge is 0.227 e. The Kier molecular flexibility index (Phi) is 5.98. The molecule has 0 saturated heterocycles. The summed E-state index contributed by atoms with van der Waals surface area (Å²) in [4.78, 5) is 15.0. The number of fused-ring (bicyclic) bond motifs is 2. The minimum Gasteiger partial charge on any atom is -0.315 e. The summed E-state index contributed by atoms with van der Waals surface area (Å²) in [5.41, 5.74) is 4.05. The number of rotatable bonds is 6. The Bertz CT molecular complexity index is 873. The number of nitrogens with zero attached hydrogens (tertiary/aromatic N) is 1. The summed E-state index contributed by atoms with van der Waals surface area (Å²) >= 11 is 0. The van der Waals surface area contributed by atoms with Crippen LogP contribution in [-0.4, -0.2) is 18.5 Å². The van der Waals surface area contributed by atoms with E-state index in [-0.39, 0.29) is 11.4 Å². The van der Waals surface area contributed by atoms with E-state index in [2.05, 4.69) is 37.1 Å². The third kappa shape index (κ3) is 4.78. The van der Waals surface area contributed by atoms with Crippen LogP contribution in [0.5, 0.6) is 0 Å². The lowest BCUT2D eigenvalue weighted by Gasteiger charge is -2.27. The topological polar surface area (TPSA) is 32.3 Å². The molecule has 0 bridgehead atoms. The molecule has 3 heteroatoms. The molecule has 140 valence electrons. The highest BCUT2D eigenvalue weighted by Gasteiger charge is 2.21. The average molecular weight is 361 g/mol. The molecular weight excluding hydrogens is 332 g/mol. The maximum Gasteiger partial charge on any atom is 0.227 e. The van der Waals surface area contributed by atoms with Gasteiger partial charge in [0.15, 0.2) is 0 Å². The average Bonchev–Trinajstić information content (AvgIpc) is 2.67. The van der Waals surface area contributed by atoms with Gasteiger partial charge in [-0.05, 0) is 57.5 Å².